The van der Waals surface area contributed by atoms with Gasteiger partial charge in [-0.2, -0.15) is 0 Å². The molecule has 1 heterocycles. The van der Waals surface area contributed by atoms with Crippen molar-refractivity contribution in [2.24, 2.45) is 11.7 Å². The number of hydrogen-bond donors (Lipinski definition) is 1. The zero-order chi connectivity index (χ0) is 14.1. The average Bonchev–Trinajstić information content (AvgIpc) is 2.46. The normalized spacial score (nSPS) is 19.6. The van der Waals surface area contributed by atoms with Gasteiger partial charge >= 0.3 is 0 Å². The molecule has 2 nitrogen and oxygen atoms in total. The van der Waals surface area contributed by atoms with E-state index in [-0.39, 0.29) is 6.04 Å². The van der Waals surface area contributed by atoms with Crippen LogP contribution in [0.3, 0.4) is 0 Å². The molecule has 2 unspecified atom stereocenters. The van der Waals surface area contributed by atoms with Crippen molar-refractivity contribution < 1.29 is 0 Å². The van der Waals surface area contributed by atoms with E-state index >= 15 is 0 Å². The van der Waals surface area contributed by atoms with Gasteiger partial charge in [-0.3, -0.25) is 0 Å². The van der Waals surface area contributed by atoms with Crippen molar-refractivity contribution in [3.05, 3.63) is 59.7 Å². The first-order chi connectivity index (χ1) is 9.65. The second-order valence-electron chi connectivity index (χ2n) is 5.93. The van der Waals surface area contributed by atoms with Crippen LogP contribution in [0.5, 0.6) is 0 Å². The smallest absolute Gasteiger partial charge is 0.0443 e. The highest BCUT2D eigenvalue weighted by atomic mass is 15.1. The fourth-order valence-corrected chi connectivity index (χ4v) is 3.00. The summed E-state index contributed by atoms with van der Waals surface area (Å²) in [5.41, 5.74) is 11.2. The van der Waals surface area contributed by atoms with Crippen molar-refractivity contribution in [1.29, 1.82) is 0 Å². The van der Waals surface area contributed by atoms with Gasteiger partial charge in [0.15, 0.2) is 0 Å². The number of rotatable bonds is 2. The van der Waals surface area contributed by atoms with Crippen molar-refractivity contribution in [2.75, 3.05) is 11.4 Å². The highest BCUT2D eigenvalue weighted by Gasteiger charge is 2.22. The van der Waals surface area contributed by atoms with Gasteiger partial charge in [0.1, 0.15) is 0 Å². The number of hydrogen-bond acceptors (Lipinski definition) is 2. The molecule has 2 N–H and O–H groups in total. The van der Waals surface area contributed by atoms with Crippen LogP contribution in [0, 0.1) is 5.92 Å². The molecule has 0 saturated carbocycles. The topological polar surface area (TPSA) is 29.3 Å². The molecule has 2 aromatic rings. The van der Waals surface area contributed by atoms with Crippen molar-refractivity contribution in [1.82, 2.24) is 0 Å². The van der Waals surface area contributed by atoms with E-state index in [1.807, 2.05) is 6.92 Å². The van der Waals surface area contributed by atoms with Crippen LogP contribution in [0.1, 0.15) is 31.0 Å². The van der Waals surface area contributed by atoms with Crippen molar-refractivity contribution in [3.8, 4) is 0 Å². The monoisotopic (exact) mass is 266 g/mol. The summed E-state index contributed by atoms with van der Waals surface area (Å²) in [5.74, 6) is 0.679. The van der Waals surface area contributed by atoms with Gasteiger partial charge in [-0.1, -0.05) is 37.3 Å². The molecule has 0 aromatic heterocycles. The van der Waals surface area contributed by atoms with E-state index in [0.717, 1.165) is 6.54 Å². The summed E-state index contributed by atoms with van der Waals surface area (Å²) in [7, 11) is 0. The number of para-hydroxylation sites is 1. The van der Waals surface area contributed by atoms with E-state index in [1.54, 1.807) is 0 Å². The Morgan fingerprint density at radius 2 is 1.80 bits per heavy atom. The Kier molecular flexibility index (Phi) is 3.49. The number of fused-ring (bicyclic) bond motifs is 1. The first-order valence-corrected chi connectivity index (χ1v) is 7.36. The Morgan fingerprint density at radius 3 is 2.50 bits per heavy atom. The van der Waals surface area contributed by atoms with E-state index in [9.17, 15) is 0 Å². The van der Waals surface area contributed by atoms with Gasteiger partial charge < -0.3 is 10.6 Å². The number of nitrogens with two attached hydrogens (primary N) is 1. The fourth-order valence-electron chi connectivity index (χ4n) is 3.00. The third-order valence-corrected chi connectivity index (χ3v) is 4.08. The lowest BCUT2D eigenvalue weighted by atomic mass is 9.93. The van der Waals surface area contributed by atoms with E-state index in [1.165, 1.54) is 28.9 Å². The molecule has 0 bridgehead atoms. The molecule has 0 radical (unpaired) electrons. The molecule has 20 heavy (non-hydrogen) atoms. The van der Waals surface area contributed by atoms with Crippen LogP contribution in [0.25, 0.3) is 0 Å². The largest absolute Gasteiger partial charge is 0.341 e. The SMILES string of the molecule is CC1Cc2ccccc2N(c2ccc(C(C)N)cc2)C1. The lowest BCUT2D eigenvalue weighted by Crippen LogP contribution is -2.30. The van der Waals surface area contributed by atoms with Gasteiger partial charge in [0, 0.05) is 24.0 Å². The maximum Gasteiger partial charge on any atom is 0.0443 e. The number of nitrogens with zero attached hydrogens (tertiary/aromatic N) is 1. The Hall–Kier alpha value is -1.80. The van der Waals surface area contributed by atoms with Crippen LogP contribution >= 0.6 is 0 Å². The van der Waals surface area contributed by atoms with E-state index in [4.69, 9.17) is 5.73 Å². The summed E-state index contributed by atoms with van der Waals surface area (Å²) < 4.78 is 0. The van der Waals surface area contributed by atoms with Crippen LogP contribution < -0.4 is 10.6 Å². The maximum atomic E-state index is 5.93. The lowest BCUT2D eigenvalue weighted by molar-refractivity contribution is 0.562. The first-order valence-electron chi connectivity index (χ1n) is 7.36. The summed E-state index contributed by atoms with van der Waals surface area (Å²) in [6.45, 7) is 5.42. The highest BCUT2D eigenvalue weighted by molar-refractivity contribution is 5.68. The Balaban J connectivity index is 1.97. The molecular weight excluding hydrogens is 244 g/mol. The summed E-state index contributed by atoms with van der Waals surface area (Å²) in [5, 5.41) is 0. The summed E-state index contributed by atoms with van der Waals surface area (Å²) in [4.78, 5) is 2.43. The van der Waals surface area contributed by atoms with Gasteiger partial charge in [0.25, 0.3) is 0 Å². The molecule has 2 atom stereocenters. The third-order valence-electron chi connectivity index (χ3n) is 4.08. The van der Waals surface area contributed by atoms with Gasteiger partial charge in [-0.25, -0.2) is 0 Å². The quantitative estimate of drug-likeness (QED) is 0.889. The van der Waals surface area contributed by atoms with Crippen LogP contribution in [-0.2, 0) is 6.42 Å². The zero-order valence-corrected chi connectivity index (χ0v) is 12.2. The summed E-state index contributed by atoms with van der Waals surface area (Å²) in [6.07, 6.45) is 1.17. The van der Waals surface area contributed by atoms with Gasteiger partial charge in [-0.15, -0.1) is 0 Å². The molecule has 3 rings (SSSR count). The lowest BCUT2D eigenvalue weighted by Gasteiger charge is -2.35. The number of benzene rings is 2. The second-order valence-corrected chi connectivity index (χ2v) is 5.93. The first kappa shape index (κ1) is 13.2. The molecule has 0 spiro atoms. The Bertz CT molecular complexity index is 587. The zero-order valence-electron chi connectivity index (χ0n) is 12.2. The van der Waals surface area contributed by atoms with Crippen LogP contribution in [-0.4, -0.2) is 6.54 Å². The van der Waals surface area contributed by atoms with Gasteiger partial charge in [-0.05, 0) is 48.6 Å². The molecule has 2 heteroatoms. The minimum Gasteiger partial charge on any atom is -0.341 e. The summed E-state index contributed by atoms with van der Waals surface area (Å²) in [6, 6.07) is 17.5. The molecule has 0 aliphatic carbocycles. The Labute approximate surface area is 121 Å². The second kappa shape index (κ2) is 5.29. The van der Waals surface area contributed by atoms with Crippen molar-refractivity contribution in [3.63, 3.8) is 0 Å². The maximum absolute atomic E-state index is 5.93. The minimum absolute atomic E-state index is 0.0941. The van der Waals surface area contributed by atoms with Gasteiger partial charge in [0.05, 0.1) is 0 Å². The van der Waals surface area contributed by atoms with E-state index < -0.39 is 0 Å². The van der Waals surface area contributed by atoms with Gasteiger partial charge in [0.2, 0.25) is 0 Å². The highest BCUT2D eigenvalue weighted by Crippen LogP contribution is 2.35. The van der Waals surface area contributed by atoms with Crippen LogP contribution in [0.2, 0.25) is 0 Å². The molecule has 0 saturated heterocycles. The summed E-state index contributed by atoms with van der Waals surface area (Å²) >= 11 is 0. The van der Waals surface area contributed by atoms with Crippen LogP contribution in [0.15, 0.2) is 48.5 Å². The minimum atomic E-state index is 0.0941. The molecule has 1 aliphatic heterocycles. The molecule has 0 fully saturated rings. The third kappa shape index (κ3) is 2.44. The number of anilines is 2. The predicted octanol–water partition coefficient (Wildman–Crippen LogP) is 4.04. The van der Waals surface area contributed by atoms with Crippen molar-refractivity contribution >= 4 is 11.4 Å². The predicted molar refractivity (Wildman–Crippen MR) is 85.4 cm³/mol. The van der Waals surface area contributed by atoms with Crippen LogP contribution in [0.4, 0.5) is 11.4 Å². The molecule has 1 aliphatic rings. The molecular formula is C18H22N2. The fraction of sp³-hybridized carbons (Fsp3) is 0.333. The standard InChI is InChI=1S/C18H22N2/c1-13-11-16-5-3-4-6-18(16)20(12-13)17-9-7-15(8-10-17)14(2)19/h3-10,13-14H,11-12,19H2,1-2H3. The van der Waals surface area contributed by atoms with E-state index in [2.05, 4.69) is 60.4 Å². The molecule has 0 amide bonds. The molecule has 104 valence electrons. The molecule has 2 aromatic carbocycles. The van der Waals surface area contributed by atoms with Crippen molar-refractivity contribution in [2.45, 2.75) is 26.3 Å². The Morgan fingerprint density at radius 1 is 1.10 bits per heavy atom. The average molecular weight is 266 g/mol. The van der Waals surface area contributed by atoms with E-state index in [0.29, 0.717) is 5.92 Å².